The molecule has 0 fully saturated rings. The maximum absolute atomic E-state index is 12.2. The van der Waals surface area contributed by atoms with Gasteiger partial charge in [-0.15, -0.1) is 11.6 Å². The Morgan fingerprint density at radius 3 is 2.43 bits per heavy atom. The number of hydroxylamine groups is 1. The van der Waals surface area contributed by atoms with Crippen LogP contribution in [-0.4, -0.2) is 50.9 Å². The summed E-state index contributed by atoms with van der Waals surface area (Å²) in [6.45, 7) is 2.47. The van der Waals surface area contributed by atoms with Crippen molar-refractivity contribution in [2.45, 2.75) is 30.9 Å². The third-order valence-electron chi connectivity index (χ3n) is 3.79. The first-order valence-electron chi connectivity index (χ1n) is 8.08. The molecule has 0 heterocycles. The van der Waals surface area contributed by atoms with Crippen molar-refractivity contribution in [1.82, 2.24) is 5.48 Å². The highest BCUT2D eigenvalue weighted by molar-refractivity contribution is 6.18. The fourth-order valence-corrected chi connectivity index (χ4v) is 2.57. The van der Waals surface area contributed by atoms with Crippen LogP contribution in [0.15, 0.2) is 18.2 Å². The lowest BCUT2D eigenvalue weighted by atomic mass is 9.79. The molecule has 9 heteroatoms. The Morgan fingerprint density at radius 2 is 1.96 bits per heavy atom. The quantitative estimate of drug-likeness (QED) is 0.160. The Bertz CT molecular complexity index is 868. The second-order valence-electron chi connectivity index (χ2n) is 6.72. The molecule has 0 spiro atoms. The van der Waals surface area contributed by atoms with Crippen molar-refractivity contribution in [3.63, 3.8) is 0 Å². The van der Waals surface area contributed by atoms with Gasteiger partial charge in [0, 0.05) is 16.7 Å². The van der Waals surface area contributed by atoms with Crippen LogP contribution < -0.4 is 16.9 Å². The van der Waals surface area contributed by atoms with Crippen LogP contribution in [0.25, 0.3) is 0 Å². The van der Waals surface area contributed by atoms with Gasteiger partial charge in [0.25, 0.3) is 5.91 Å². The molecule has 0 aromatic heterocycles. The second-order valence-corrected chi connectivity index (χ2v) is 6.99. The molecule has 1 rings (SSSR count). The molecule has 0 bridgehead atoms. The van der Waals surface area contributed by atoms with Crippen LogP contribution in [-0.2, 0) is 4.79 Å². The van der Waals surface area contributed by atoms with Gasteiger partial charge in [0.05, 0.1) is 18.4 Å². The monoisotopic (exact) mass is 407 g/mol. The van der Waals surface area contributed by atoms with Crippen molar-refractivity contribution in [3.05, 3.63) is 34.9 Å². The van der Waals surface area contributed by atoms with Gasteiger partial charge in [-0.25, -0.2) is 5.48 Å². The number of hydrogen-bond donors (Lipinski definition) is 6. The molecule has 0 radical (unpaired) electrons. The summed E-state index contributed by atoms with van der Waals surface area (Å²) in [6.07, 6.45) is 0. The summed E-state index contributed by atoms with van der Waals surface area (Å²) in [4.78, 5) is 23.9. The number of aliphatic hydroxyl groups excluding tert-OH is 1. The van der Waals surface area contributed by atoms with Crippen LogP contribution in [0.5, 0.6) is 0 Å². The largest absolute Gasteiger partial charge is 0.392 e. The summed E-state index contributed by atoms with van der Waals surface area (Å²) in [5, 5.41) is 27.8. The van der Waals surface area contributed by atoms with E-state index in [0.717, 1.165) is 0 Å². The fourth-order valence-electron chi connectivity index (χ4n) is 2.41. The number of nitrogens with two attached hydrogens (primary N) is 2. The summed E-state index contributed by atoms with van der Waals surface area (Å²) in [5.74, 6) is 6.93. The van der Waals surface area contributed by atoms with Gasteiger partial charge in [0.2, 0.25) is 5.91 Å². The number of carbonyl (C=O) groups is 2. The van der Waals surface area contributed by atoms with Gasteiger partial charge >= 0.3 is 0 Å². The molecular formula is C19H22ClN3O5. The lowest BCUT2D eigenvalue weighted by Gasteiger charge is -2.30. The zero-order chi connectivity index (χ0) is 21.5. The van der Waals surface area contributed by atoms with Crippen molar-refractivity contribution in [2.75, 3.05) is 12.5 Å². The zero-order valence-electron chi connectivity index (χ0n) is 15.4. The highest BCUT2D eigenvalue weighted by atomic mass is 35.5. The minimum atomic E-state index is -1.76. The number of rotatable bonds is 6. The van der Waals surface area contributed by atoms with Gasteiger partial charge < -0.3 is 21.7 Å². The number of carbonyl (C=O) groups excluding carboxylic acids is 2. The lowest BCUT2D eigenvalue weighted by molar-refractivity contribution is -0.132. The fraction of sp³-hybridized carbons (Fsp3) is 0.368. The van der Waals surface area contributed by atoms with E-state index in [0.29, 0.717) is 5.56 Å². The van der Waals surface area contributed by atoms with Crippen LogP contribution in [0.2, 0.25) is 0 Å². The van der Waals surface area contributed by atoms with Crippen LogP contribution in [0.3, 0.4) is 0 Å². The minimum Gasteiger partial charge on any atom is -0.392 e. The average Bonchev–Trinajstić information content (AvgIpc) is 2.63. The molecule has 0 aliphatic rings. The van der Waals surface area contributed by atoms with E-state index in [-0.39, 0.29) is 17.0 Å². The standard InChI is InChI=1S/C19H22ClN3O5/c1-18(2,22)15(17(26)23-28)14-9-12(6-7-13(14)16(21)25)5-3-4-8-19(27,10-20)11-24/h6-7,9,15,24,27-28H,10-11,22H2,1-2H3,(H2,21,25)(H,23,26)/t15-,19?/m1/s1. The summed E-state index contributed by atoms with van der Waals surface area (Å²) in [6, 6.07) is 4.33. The average molecular weight is 408 g/mol. The molecule has 1 aromatic carbocycles. The molecule has 8 N–H and O–H groups in total. The van der Waals surface area contributed by atoms with E-state index in [1.165, 1.54) is 18.2 Å². The number of aliphatic hydroxyl groups is 2. The number of nitrogens with one attached hydrogen (secondary N) is 1. The van der Waals surface area contributed by atoms with Gasteiger partial charge in [-0.2, -0.15) is 0 Å². The van der Waals surface area contributed by atoms with Gasteiger partial charge in [-0.05, 0) is 49.5 Å². The molecule has 1 unspecified atom stereocenters. The molecule has 0 aliphatic heterocycles. The van der Waals surface area contributed by atoms with E-state index in [1.807, 2.05) is 0 Å². The highest BCUT2D eigenvalue weighted by Crippen LogP contribution is 2.30. The molecule has 150 valence electrons. The number of hydrogen-bond acceptors (Lipinski definition) is 6. The molecular weight excluding hydrogens is 386 g/mol. The van der Waals surface area contributed by atoms with Crippen molar-refractivity contribution >= 4 is 23.4 Å². The van der Waals surface area contributed by atoms with Crippen molar-refractivity contribution in [3.8, 4) is 23.7 Å². The first-order valence-corrected chi connectivity index (χ1v) is 8.61. The Morgan fingerprint density at radius 1 is 1.32 bits per heavy atom. The highest BCUT2D eigenvalue weighted by Gasteiger charge is 2.36. The van der Waals surface area contributed by atoms with E-state index in [2.05, 4.69) is 23.7 Å². The van der Waals surface area contributed by atoms with Gasteiger partial charge in [-0.1, -0.05) is 11.8 Å². The Balaban J connectivity index is 3.45. The molecule has 0 saturated heterocycles. The van der Waals surface area contributed by atoms with Crippen molar-refractivity contribution in [2.24, 2.45) is 11.5 Å². The molecule has 2 amide bonds. The Hall–Kier alpha value is -2.59. The van der Waals surface area contributed by atoms with Gasteiger partial charge in [0.1, 0.15) is 0 Å². The predicted molar refractivity (Wildman–Crippen MR) is 103 cm³/mol. The van der Waals surface area contributed by atoms with Crippen LogP contribution >= 0.6 is 11.6 Å². The predicted octanol–water partition coefficient (Wildman–Crippen LogP) is -0.571. The van der Waals surface area contributed by atoms with E-state index in [1.54, 1.807) is 19.3 Å². The van der Waals surface area contributed by atoms with E-state index >= 15 is 0 Å². The van der Waals surface area contributed by atoms with Crippen molar-refractivity contribution in [1.29, 1.82) is 0 Å². The minimum absolute atomic E-state index is 0.0561. The molecule has 0 saturated carbocycles. The van der Waals surface area contributed by atoms with E-state index in [9.17, 15) is 14.7 Å². The Kier molecular flexibility index (Phi) is 8.01. The first-order chi connectivity index (χ1) is 13.0. The number of primary amides is 1. The molecule has 2 atom stereocenters. The summed E-state index contributed by atoms with van der Waals surface area (Å²) < 4.78 is 0. The molecule has 8 nitrogen and oxygen atoms in total. The maximum Gasteiger partial charge on any atom is 0.252 e. The topological polar surface area (TPSA) is 159 Å². The third-order valence-corrected chi connectivity index (χ3v) is 4.23. The number of halogens is 1. The third kappa shape index (κ3) is 5.96. The van der Waals surface area contributed by atoms with E-state index in [4.69, 9.17) is 33.4 Å². The van der Waals surface area contributed by atoms with Crippen LogP contribution in [0.1, 0.15) is 41.3 Å². The zero-order valence-corrected chi connectivity index (χ0v) is 16.2. The number of alkyl halides is 1. The van der Waals surface area contributed by atoms with Crippen molar-refractivity contribution < 1.29 is 25.0 Å². The molecule has 28 heavy (non-hydrogen) atoms. The van der Waals surface area contributed by atoms with Crippen LogP contribution in [0, 0.1) is 23.7 Å². The summed E-state index contributed by atoms with van der Waals surface area (Å²) in [5.41, 5.74) is 10.7. The molecule has 1 aromatic rings. The maximum atomic E-state index is 12.2. The second kappa shape index (κ2) is 9.56. The van der Waals surface area contributed by atoms with E-state index < -0.39 is 35.5 Å². The number of benzene rings is 1. The van der Waals surface area contributed by atoms with Gasteiger partial charge in [-0.3, -0.25) is 14.8 Å². The number of amides is 2. The Labute approximate surface area is 167 Å². The summed E-state index contributed by atoms with van der Waals surface area (Å²) in [7, 11) is 0. The summed E-state index contributed by atoms with van der Waals surface area (Å²) >= 11 is 5.52. The molecule has 0 aliphatic carbocycles. The SMILES string of the molecule is CC(C)(N)[C@@H](C(=O)NO)c1cc(C#CC#CC(O)(CO)CCl)ccc1C(N)=O. The first kappa shape index (κ1) is 23.4. The van der Waals surface area contributed by atoms with Gasteiger partial charge in [0.15, 0.2) is 5.60 Å². The smallest absolute Gasteiger partial charge is 0.252 e. The lowest BCUT2D eigenvalue weighted by Crippen LogP contribution is -2.47. The van der Waals surface area contributed by atoms with Crippen LogP contribution in [0.4, 0.5) is 0 Å². The normalized spacial score (nSPS) is 13.8.